The van der Waals surface area contributed by atoms with Crippen molar-refractivity contribution in [3.05, 3.63) is 0 Å². The van der Waals surface area contributed by atoms with Gasteiger partial charge in [-0.2, -0.15) is 9.59 Å². The lowest BCUT2D eigenvalue weighted by molar-refractivity contribution is -0.191. The van der Waals surface area contributed by atoms with Crippen LogP contribution in [0, 0.1) is 5.92 Å². The van der Waals surface area contributed by atoms with Gasteiger partial charge in [-0.15, -0.1) is 0 Å². The molecule has 86 valence electrons. The fraction of sp³-hybridized carbons (Fsp3) is 0.909. The molecule has 2 fully saturated rings. The molecule has 0 amide bonds. The van der Waals surface area contributed by atoms with Crippen molar-refractivity contribution in [1.29, 1.82) is 0 Å². The van der Waals surface area contributed by atoms with Crippen LogP contribution in [0.4, 0.5) is 0 Å². The highest BCUT2D eigenvalue weighted by Crippen LogP contribution is 2.38. The SMILES string of the molecule is CCC1CCC2(CC1)OCCO2.O=C=O. The van der Waals surface area contributed by atoms with E-state index >= 15 is 0 Å². The fourth-order valence-electron chi connectivity index (χ4n) is 2.31. The highest BCUT2D eigenvalue weighted by atomic mass is 16.7. The van der Waals surface area contributed by atoms with Crippen LogP contribution in [0.15, 0.2) is 0 Å². The third-order valence-electron chi connectivity index (χ3n) is 3.26. The van der Waals surface area contributed by atoms with Crippen molar-refractivity contribution >= 4 is 6.15 Å². The quantitative estimate of drug-likeness (QED) is 0.667. The summed E-state index contributed by atoms with van der Waals surface area (Å²) in [6, 6.07) is 0. The van der Waals surface area contributed by atoms with Gasteiger partial charge in [0.25, 0.3) is 0 Å². The number of rotatable bonds is 1. The maximum Gasteiger partial charge on any atom is 0.373 e. The molecule has 1 spiro atoms. The van der Waals surface area contributed by atoms with E-state index in [0.29, 0.717) is 0 Å². The molecule has 0 unspecified atom stereocenters. The van der Waals surface area contributed by atoms with Gasteiger partial charge in [0.15, 0.2) is 5.79 Å². The van der Waals surface area contributed by atoms with Gasteiger partial charge in [0, 0.05) is 12.8 Å². The van der Waals surface area contributed by atoms with Crippen LogP contribution in [0.3, 0.4) is 0 Å². The van der Waals surface area contributed by atoms with Crippen molar-refractivity contribution in [3.63, 3.8) is 0 Å². The molecule has 0 aromatic heterocycles. The minimum Gasteiger partial charge on any atom is -0.348 e. The Labute approximate surface area is 89.9 Å². The van der Waals surface area contributed by atoms with E-state index in [1.807, 2.05) is 0 Å². The molecule has 4 heteroatoms. The van der Waals surface area contributed by atoms with Gasteiger partial charge < -0.3 is 9.47 Å². The molecule has 0 N–H and O–H groups in total. The van der Waals surface area contributed by atoms with Crippen molar-refractivity contribution in [2.75, 3.05) is 13.2 Å². The lowest BCUT2D eigenvalue weighted by Gasteiger charge is -2.34. The zero-order valence-corrected chi connectivity index (χ0v) is 9.16. The average molecular weight is 214 g/mol. The third-order valence-corrected chi connectivity index (χ3v) is 3.26. The van der Waals surface area contributed by atoms with Crippen LogP contribution in [-0.2, 0) is 19.1 Å². The van der Waals surface area contributed by atoms with Gasteiger partial charge in [-0.25, -0.2) is 0 Å². The Balaban J connectivity index is 0.000000337. The van der Waals surface area contributed by atoms with E-state index in [9.17, 15) is 0 Å². The summed E-state index contributed by atoms with van der Waals surface area (Å²) in [7, 11) is 0. The second kappa shape index (κ2) is 6.01. The Morgan fingerprint density at radius 2 is 1.67 bits per heavy atom. The predicted octanol–water partition coefficient (Wildman–Crippen LogP) is 1.75. The van der Waals surface area contributed by atoms with Gasteiger partial charge in [-0.3, -0.25) is 0 Å². The molecule has 0 aromatic rings. The lowest BCUT2D eigenvalue weighted by Crippen LogP contribution is -2.34. The summed E-state index contributed by atoms with van der Waals surface area (Å²) in [6.45, 7) is 3.88. The maximum atomic E-state index is 8.12. The first-order valence-corrected chi connectivity index (χ1v) is 5.53. The van der Waals surface area contributed by atoms with Crippen molar-refractivity contribution in [2.24, 2.45) is 5.92 Å². The molecule has 2 rings (SSSR count). The lowest BCUT2D eigenvalue weighted by atomic mass is 9.84. The molecule has 2 aliphatic rings. The van der Waals surface area contributed by atoms with E-state index in [1.54, 1.807) is 0 Å². The zero-order valence-electron chi connectivity index (χ0n) is 9.16. The van der Waals surface area contributed by atoms with Crippen molar-refractivity contribution in [1.82, 2.24) is 0 Å². The number of hydrogen-bond acceptors (Lipinski definition) is 4. The Bertz CT molecular complexity index is 205. The van der Waals surface area contributed by atoms with Crippen LogP contribution in [0.1, 0.15) is 39.0 Å². The van der Waals surface area contributed by atoms with Crippen LogP contribution in [0.5, 0.6) is 0 Å². The number of ether oxygens (including phenoxy) is 2. The Hall–Kier alpha value is -0.700. The topological polar surface area (TPSA) is 52.6 Å². The highest BCUT2D eigenvalue weighted by molar-refractivity contribution is 5.20. The van der Waals surface area contributed by atoms with Crippen molar-refractivity contribution in [3.8, 4) is 0 Å². The summed E-state index contributed by atoms with van der Waals surface area (Å²) in [5.41, 5.74) is 0. The van der Waals surface area contributed by atoms with Crippen molar-refractivity contribution < 1.29 is 19.1 Å². The summed E-state index contributed by atoms with van der Waals surface area (Å²) in [4.78, 5) is 16.2. The largest absolute Gasteiger partial charge is 0.373 e. The van der Waals surface area contributed by atoms with Crippen LogP contribution in [0.25, 0.3) is 0 Å². The molecule has 1 heterocycles. The molecule has 0 radical (unpaired) electrons. The zero-order chi connectivity index (χ0) is 11.1. The van der Waals surface area contributed by atoms with Crippen LogP contribution >= 0.6 is 0 Å². The van der Waals surface area contributed by atoms with E-state index in [0.717, 1.165) is 32.0 Å². The van der Waals surface area contributed by atoms with Gasteiger partial charge in [0.05, 0.1) is 13.2 Å². The minimum atomic E-state index is -0.147. The van der Waals surface area contributed by atoms with E-state index in [-0.39, 0.29) is 11.9 Å². The standard InChI is InChI=1S/C10H18O2.CO2/c1-2-9-3-5-10(6-4-9)11-7-8-12-10;2-1-3/h9H,2-8H2,1H3;. The van der Waals surface area contributed by atoms with Crippen molar-refractivity contribution in [2.45, 2.75) is 44.8 Å². The smallest absolute Gasteiger partial charge is 0.348 e. The average Bonchev–Trinajstić information content (AvgIpc) is 2.69. The summed E-state index contributed by atoms with van der Waals surface area (Å²) in [5.74, 6) is 0.773. The molecule has 15 heavy (non-hydrogen) atoms. The van der Waals surface area contributed by atoms with E-state index in [4.69, 9.17) is 19.1 Å². The van der Waals surface area contributed by atoms with Gasteiger partial charge in [0.1, 0.15) is 0 Å². The second-order valence-corrected chi connectivity index (χ2v) is 4.04. The maximum absolute atomic E-state index is 8.12. The number of carbonyl (C=O) groups excluding carboxylic acids is 2. The van der Waals surface area contributed by atoms with E-state index in [2.05, 4.69) is 6.92 Å². The highest BCUT2D eigenvalue weighted by Gasteiger charge is 2.39. The molecule has 0 aromatic carbocycles. The molecular weight excluding hydrogens is 196 g/mol. The van der Waals surface area contributed by atoms with E-state index in [1.165, 1.54) is 19.3 Å². The second-order valence-electron chi connectivity index (χ2n) is 4.04. The van der Waals surface area contributed by atoms with Gasteiger partial charge in [-0.05, 0) is 18.8 Å². The molecule has 4 nitrogen and oxygen atoms in total. The fourth-order valence-corrected chi connectivity index (χ4v) is 2.31. The normalized spacial score (nSPS) is 24.3. The summed E-state index contributed by atoms with van der Waals surface area (Å²) >= 11 is 0. The number of hydrogen-bond donors (Lipinski definition) is 0. The Morgan fingerprint density at radius 1 is 1.20 bits per heavy atom. The molecular formula is C11H18O4. The first kappa shape index (κ1) is 12.4. The summed E-state index contributed by atoms with van der Waals surface area (Å²) < 4.78 is 11.3. The first-order chi connectivity index (χ1) is 7.26. The third kappa shape index (κ3) is 3.42. The van der Waals surface area contributed by atoms with Crippen LogP contribution in [0.2, 0.25) is 0 Å². The van der Waals surface area contributed by atoms with Crippen LogP contribution in [-0.4, -0.2) is 25.2 Å². The van der Waals surface area contributed by atoms with Crippen LogP contribution < -0.4 is 0 Å². The van der Waals surface area contributed by atoms with Gasteiger partial charge in [0.2, 0.25) is 0 Å². The molecule has 1 saturated carbocycles. The molecule has 1 aliphatic heterocycles. The summed E-state index contributed by atoms with van der Waals surface area (Å²) in [6.07, 6.45) is 6.38. The molecule has 1 saturated heterocycles. The minimum absolute atomic E-state index is 0.147. The van der Waals surface area contributed by atoms with Gasteiger partial charge >= 0.3 is 6.15 Å². The Kier molecular flexibility index (Phi) is 4.95. The molecule has 0 bridgehead atoms. The molecule has 1 aliphatic carbocycles. The Morgan fingerprint density at radius 3 is 2.07 bits per heavy atom. The molecule has 0 atom stereocenters. The predicted molar refractivity (Wildman–Crippen MR) is 51.9 cm³/mol. The van der Waals surface area contributed by atoms with E-state index < -0.39 is 0 Å². The van der Waals surface area contributed by atoms with Gasteiger partial charge in [-0.1, -0.05) is 13.3 Å². The monoisotopic (exact) mass is 214 g/mol. The first-order valence-electron chi connectivity index (χ1n) is 5.53. The summed E-state index contributed by atoms with van der Waals surface area (Å²) in [5, 5.41) is 0.